The van der Waals surface area contributed by atoms with Crippen LogP contribution in [0.1, 0.15) is 5.56 Å². The first-order chi connectivity index (χ1) is 11.1. The Labute approximate surface area is 144 Å². The lowest BCUT2D eigenvalue weighted by molar-refractivity contribution is 0.605. The van der Waals surface area contributed by atoms with Crippen LogP contribution in [0.25, 0.3) is 4.91 Å². The molecule has 3 aromatic rings. The third-order valence-corrected chi connectivity index (χ3v) is 6.50. The Morgan fingerprint density at radius 3 is 2.17 bits per heavy atom. The molecule has 0 atom stereocenters. The Morgan fingerprint density at radius 2 is 1.57 bits per heavy atom. The second kappa shape index (κ2) is 7.17. The third kappa shape index (κ3) is 4.13. The smallest absolute Gasteiger partial charge is 0.200 e. The molecule has 0 bridgehead atoms. The SMILES string of the molecule is O=S(=O)(/C=C(/Sc1ccccc1)c1ccsc1)c1ccccc1. The van der Waals surface area contributed by atoms with Crippen LogP contribution in [-0.2, 0) is 9.84 Å². The van der Waals surface area contributed by atoms with Gasteiger partial charge in [0.25, 0.3) is 0 Å². The zero-order chi connectivity index (χ0) is 16.1. The molecule has 0 aliphatic carbocycles. The van der Waals surface area contributed by atoms with Crippen molar-refractivity contribution < 1.29 is 8.42 Å². The van der Waals surface area contributed by atoms with Crippen molar-refractivity contribution in [1.29, 1.82) is 0 Å². The van der Waals surface area contributed by atoms with E-state index in [1.165, 1.54) is 17.2 Å². The first-order valence-corrected chi connectivity index (χ1v) is 10.2. The van der Waals surface area contributed by atoms with Crippen molar-refractivity contribution in [2.75, 3.05) is 0 Å². The molecule has 0 saturated carbocycles. The van der Waals surface area contributed by atoms with Gasteiger partial charge in [0, 0.05) is 9.80 Å². The van der Waals surface area contributed by atoms with Crippen LogP contribution in [0.5, 0.6) is 0 Å². The molecule has 0 unspecified atom stereocenters. The van der Waals surface area contributed by atoms with Crippen LogP contribution in [0.4, 0.5) is 0 Å². The van der Waals surface area contributed by atoms with Crippen LogP contribution in [-0.4, -0.2) is 8.42 Å². The van der Waals surface area contributed by atoms with E-state index in [-0.39, 0.29) is 0 Å². The predicted octanol–water partition coefficient (Wildman–Crippen LogP) is 5.31. The molecule has 1 aromatic heterocycles. The van der Waals surface area contributed by atoms with E-state index in [1.807, 2.05) is 47.2 Å². The van der Waals surface area contributed by atoms with Gasteiger partial charge in [-0.1, -0.05) is 48.2 Å². The average molecular weight is 359 g/mol. The molecule has 116 valence electrons. The van der Waals surface area contributed by atoms with E-state index in [4.69, 9.17) is 0 Å². The van der Waals surface area contributed by atoms with Crippen molar-refractivity contribution in [3.8, 4) is 0 Å². The second-order valence-corrected chi connectivity index (χ2v) is 8.46. The molecule has 0 amide bonds. The maximum Gasteiger partial charge on any atom is 0.200 e. The molecule has 2 nitrogen and oxygen atoms in total. The molecular formula is C18H14O2S3. The predicted molar refractivity (Wildman–Crippen MR) is 98.2 cm³/mol. The zero-order valence-electron chi connectivity index (χ0n) is 12.1. The summed E-state index contributed by atoms with van der Waals surface area (Å²) in [5.41, 5.74) is 0.920. The number of hydrogen-bond donors (Lipinski definition) is 0. The maximum atomic E-state index is 12.6. The van der Waals surface area contributed by atoms with Crippen molar-refractivity contribution in [3.63, 3.8) is 0 Å². The molecule has 0 aliphatic heterocycles. The fourth-order valence-corrected chi connectivity index (χ4v) is 5.18. The third-order valence-electron chi connectivity index (χ3n) is 3.11. The van der Waals surface area contributed by atoms with E-state index < -0.39 is 9.84 Å². The van der Waals surface area contributed by atoms with Gasteiger partial charge in [-0.2, -0.15) is 11.3 Å². The Balaban J connectivity index is 2.02. The van der Waals surface area contributed by atoms with Gasteiger partial charge in [-0.05, 0) is 46.7 Å². The lowest BCUT2D eigenvalue weighted by Gasteiger charge is -2.07. The number of benzene rings is 2. The lowest BCUT2D eigenvalue weighted by Crippen LogP contribution is -1.97. The fourth-order valence-electron chi connectivity index (χ4n) is 1.99. The first kappa shape index (κ1) is 16.1. The van der Waals surface area contributed by atoms with Gasteiger partial charge in [-0.25, -0.2) is 8.42 Å². The molecule has 5 heteroatoms. The Bertz CT molecular complexity index is 882. The highest BCUT2D eigenvalue weighted by Gasteiger charge is 2.15. The van der Waals surface area contributed by atoms with Crippen LogP contribution >= 0.6 is 23.1 Å². The maximum absolute atomic E-state index is 12.6. The summed E-state index contributed by atoms with van der Waals surface area (Å²) in [6.45, 7) is 0. The summed E-state index contributed by atoms with van der Waals surface area (Å²) in [4.78, 5) is 2.04. The highest BCUT2D eigenvalue weighted by Crippen LogP contribution is 2.36. The molecule has 0 N–H and O–H groups in total. The van der Waals surface area contributed by atoms with Crippen molar-refractivity contribution in [3.05, 3.63) is 88.5 Å². The molecule has 1 heterocycles. The number of thioether (sulfide) groups is 1. The van der Waals surface area contributed by atoms with Crippen LogP contribution < -0.4 is 0 Å². The minimum absolute atomic E-state index is 0.307. The molecular weight excluding hydrogens is 344 g/mol. The van der Waals surface area contributed by atoms with E-state index in [9.17, 15) is 8.42 Å². The van der Waals surface area contributed by atoms with E-state index >= 15 is 0 Å². The largest absolute Gasteiger partial charge is 0.219 e. The molecule has 23 heavy (non-hydrogen) atoms. The van der Waals surface area contributed by atoms with Gasteiger partial charge in [0.15, 0.2) is 0 Å². The van der Waals surface area contributed by atoms with Gasteiger partial charge in [0.1, 0.15) is 0 Å². The van der Waals surface area contributed by atoms with Gasteiger partial charge in [0.05, 0.1) is 10.3 Å². The topological polar surface area (TPSA) is 34.1 Å². The molecule has 0 fully saturated rings. The van der Waals surface area contributed by atoms with Gasteiger partial charge >= 0.3 is 0 Å². The Hall–Kier alpha value is -1.82. The van der Waals surface area contributed by atoms with E-state index in [0.29, 0.717) is 4.90 Å². The van der Waals surface area contributed by atoms with E-state index in [1.54, 1.807) is 41.7 Å². The number of sulfone groups is 1. The van der Waals surface area contributed by atoms with Crippen molar-refractivity contribution in [2.45, 2.75) is 9.79 Å². The van der Waals surface area contributed by atoms with Crippen LogP contribution in [0.3, 0.4) is 0 Å². The molecule has 2 aromatic carbocycles. The van der Waals surface area contributed by atoms with Crippen molar-refractivity contribution in [1.82, 2.24) is 0 Å². The van der Waals surface area contributed by atoms with E-state index in [2.05, 4.69) is 0 Å². The summed E-state index contributed by atoms with van der Waals surface area (Å²) in [5.74, 6) is 0. The number of thiophene rings is 1. The molecule has 0 spiro atoms. The molecule has 0 saturated heterocycles. The number of hydrogen-bond acceptors (Lipinski definition) is 4. The van der Waals surface area contributed by atoms with Crippen LogP contribution in [0.15, 0.2) is 92.7 Å². The molecule has 0 radical (unpaired) electrons. The minimum atomic E-state index is -3.48. The van der Waals surface area contributed by atoms with Crippen LogP contribution in [0, 0.1) is 0 Å². The standard InChI is InChI=1S/C18H14O2S3/c19-23(20,17-9-5-2-6-10-17)14-18(15-11-12-21-13-15)22-16-7-3-1-4-8-16/h1-14H/b18-14+. The summed E-state index contributed by atoms with van der Waals surface area (Å²) in [6, 6.07) is 20.2. The fraction of sp³-hybridized carbons (Fsp3) is 0. The summed E-state index contributed by atoms with van der Waals surface area (Å²) < 4.78 is 25.3. The van der Waals surface area contributed by atoms with Crippen molar-refractivity contribution >= 4 is 37.8 Å². The highest BCUT2D eigenvalue weighted by atomic mass is 32.2. The Kier molecular flexibility index (Phi) is 5.00. The quantitative estimate of drug-likeness (QED) is 0.579. The average Bonchev–Trinajstić information content (AvgIpc) is 3.10. The van der Waals surface area contributed by atoms with Gasteiger partial charge in [-0.3, -0.25) is 0 Å². The highest BCUT2D eigenvalue weighted by molar-refractivity contribution is 8.09. The van der Waals surface area contributed by atoms with Gasteiger partial charge in [0.2, 0.25) is 9.84 Å². The minimum Gasteiger partial charge on any atom is -0.219 e. The summed E-state index contributed by atoms with van der Waals surface area (Å²) in [5, 5.41) is 5.27. The van der Waals surface area contributed by atoms with Gasteiger partial charge < -0.3 is 0 Å². The zero-order valence-corrected chi connectivity index (χ0v) is 14.6. The summed E-state index contributed by atoms with van der Waals surface area (Å²) in [7, 11) is -3.48. The number of rotatable bonds is 5. The van der Waals surface area contributed by atoms with Crippen LogP contribution in [0.2, 0.25) is 0 Å². The second-order valence-electron chi connectivity index (χ2n) is 4.77. The normalized spacial score (nSPS) is 12.3. The monoisotopic (exact) mass is 358 g/mol. The molecule has 0 aliphatic rings. The summed E-state index contributed by atoms with van der Waals surface area (Å²) >= 11 is 3.01. The lowest BCUT2D eigenvalue weighted by atomic mass is 10.3. The Morgan fingerprint density at radius 1 is 0.913 bits per heavy atom. The molecule has 3 rings (SSSR count). The first-order valence-electron chi connectivity index (χ1n) is 6.92. The van der Waals surface area contributed by atoms with E-state index in [0.717, 1.165) is 15.4 Å². The van der Waals surface area contributed by atoms with Crippen molar-refractivity contribution in [2.24, 2.45) is 0 Å². The summed E-state index contributed by atoms with van der Waals surface area (Å²) in [6.07, 6.45) is 0. The van der Waals surface area contributed by atoms with Gasteiger partial charge in [-0.15, -0.1) is 0 Å².